The first-order valence-corrected chi connectivity index (χ1v) is 7.53. The minimum Gasteiger partial charge on any atom is -0.481 e. The molecule has 0 aromatic carbocycles. The molecule has 0 saturated heterocycles. The van der Waals surface area contributed by atoms with Crippen molar-refractivity contribution in [2.24, 2.45) is 5.92 Å². The van der Waals surface area contributed by atoms with Crippen LogP contribution in [0.5, 0.6) is 0 Å². The molecule has 1 fully saturated rings. The average Bonchev–Trinajstić information content (AvgIpc) is 1.92. The number of hydrogen-bond donors (Lipinski definition) is 1. The van der Waals surface area contributed by atoms with Gasteiger partial charge in [-0.3, -0.25) is 4.79 Å². The van der Waals surface area contributed by atoms with Crippen LogP contribution in [0.3, 0.4) is 0 Å². The summed E-state index contributed by atoms with van der Waals surface area (Å²) in [5.74, 6) is -0.374. The van der Waals surface area contributed by atoms with E-state index in [0.29, 0.717) is 5.75 Å². The quantitative estimate of drug-likeness (QED) is 0.760. The molecule has 0 aliphatic heterocycles. The molecule has 6 heteroatoms. The fraction of sp³-hybridized carbons (Fsp3) is 0.875. The van der Waals surface area contributed by atoms with Crippen LogP contribution in [0.1, 0.15) is 12.8 Å². The predicted octanol–water partition coefficient (Wildman–Crippen LogP) is 0.627. The largest absolute Gasteiger partial charge is 0.481 e. The van der Waals surface area contributed by atoms with Crippen molar-refractivity contribution in [1.82, 2.24) is 0 Å². The Labute approximate surface area is 88.0 Å². The highest BCUT2D eigenvalue weighted by molar-refractivity contribution is 8.01. The molecule has 14 heavy (non-hydrogen) atoms. The van der Waals surface area contributed by atoms with Gasteiger partial charge < -0.3 is 5.11 Å². The minimum absolute atomic E-state index is 0.120. The maximum absolute atomic E-state index is 10.8. The third-order valence-corrected chi connectivity index (χ3v) is 4.95. The van der Waals surface area contributed by atoms with Gasteiger partial charge in [-0.2, -0.15) is 11.8 Å². The Morgan fingerprint density at radius 2 is 2.14 bits per heavy atom. The van der Waals surface area contributed by atoms with Crippen LogP contribution in [-0.2, 0) is 14.6 Å². The molecule has 1 rings (SSSR count). The van der Waals surface area contributed by atoms with E-state index in [9.17, 15) is 13.2 Å². The van der Waals surface area contributed by atoms with Crippen LogP contribution < -0.4 is 0 Å². The van der Waals surface area contributed by atoms with Crippen LogP contribution in [0.4, 0.5) is 0 Å². The summed E-state index contributed by atoms with van der Waals surface area (Å²) < 4.78 is 21.6. The average molecular weight is 238 g/mol. The van der Waals surface area contributed by atoms with E-state index in [1.165, 1.54) is 18.0 Å². The summed E-state index contributed by atoms with van der Waals surface area (Å²) in [7, 11) is -2.91. The zero-order valence-electron chi connectivity index (χ0n) is 7.97. The van der Waals surface area contributed by atoms with Gasteiger partial charge in [0.05, 0.1) is 11.7 Å². The van der Waals surface area contributed by atoms with Crippen LogP contribution in [-0.4, -0.2) is 42.5 Å². The second-order valence-electron chi connectivity index (χ2n) is 3.56. The van der Waals surface area contributed by atoms with E-state index in [0.717, 1.165) is 12.8 Å². The topological polar surface area (TPSA) is 71.4 Å². The van der Waals surface area contributed by atoms with Gasteiger partial charge in [0.1, 0.15) is 9.84 Å². The molecule has 2 atom stereocenters. The van der Waals surface area contributed by atoms with Gasteiger partial charge in [0.15, 0.2) is 0 Å². The maximum Gasteiger partial charge on any atom is 0.307 e. The lowest BCUT2D eigenvalue weighted by Gasteiger charge is -2.32. The number of rotatable bonds is 5. The van der Waals surface area contributed by atoms with Gasteiger partial charge in [-0.25, -0.2) is 8.42 Å². The summed E-state index contributed by atoms with van der Waals surface area (Å²) in [6.07, 6.45) is 2.82. The van der Waals surface area contributed by atoms with Gasteiger partial charge in [-0.05, 0) is 12.8 Å². The van der Waals surface area contributed by atoms with E-state index in [2.05, 4.69) is 0 Å². The lowest BCUT2D eigenvalue weighted by atomic mass is 9.85. The van der Waals surface area contributed by atoms with Crippen LogP contribution >= 0.6 is 11.8 Å². The molecule has 0 bridgehead atoms. The van der Waals surface area contributed by atoms with Gasteiger partial charge in [-0.1, -0.05) is 0 Å². The van der Waals surface area contributed by atoms with Crippen LogP contribution in [0.15, 0.2) is 0 Å². The Hall–Kier alpha value is -0.230. The van der Waals surface area contributed by atoms with E-state index < -0.39 is 15.8 Å². The van der Waals surface area contributed by atoms with Gasteiger partial charge in [-0.15, -0.1) is 0 Å². The molecule has 0 aromatic rings. The Bertz CT molecular complexity index is 309. The van der Waals surface area contributed by atoms with Crippen molar-refractivity contribution in [3.05, 3.63) is 0 Å². The smallest absolute Gasteiger partial charge is 0.307 e. The third kappa shape index (κ3) is 3.49. The molecule has 1 aliphatic rings. The van der Waals surface area contributed by atoms with E-state index in [4.69, 9.17) is 5.11 Å². The Balaban J connectivity index is 2.23. The van der Waals surface area contributed by atoms with Crippen molar-refractivity contribution in [3.63, 3.8) is 0 Å². The molecule has 0 amide bonds. The van der Waals surface area contributed by atoms with Crippen molar-refractivity contribution < 1.29 is 18.3 Å². The van der Waals surface area contributed by atoms with E-state index in [1.807, 2.05) is 0 Å². The Kier molecular flexibility index (Phi) is 3.83. The summed E-state index contributed by atoms with van der Waals surface area (Å²) in [6.45, 7) is 0. The first-order chi connectivity index (χ1) is 6.40. The van der Waals surface area contributed by atoms with Gasteiger partial charge >= 0.3 is 5.97 Å². The van der Waals surface area contributed by atoms with Gasteiger partial charge in [0, 0.05) is 17.3 Å². The molecule has 1 N–H and O–H groups in total. The van der Waals surface area contributed by atoms with Crippen molar-refractivity contribution in [2.45, 2.75) is 18.1 Å². The lowest BCUT2D eigenvalue weighted by molar-refractivity contribution is -0.144. The standard InChI is InChI=1S/C8H14O4S2/c1-14(11,12)5-4-13-7-3-2-6(7)8(9)10/h6-7H,2-5H2,1H3,(H,9,10). The zero-order chi connectivity index (χ0) is 10.8. The molecule has 1 aliphatic carbocycles. The Morgan fingerprint density at radius 3 is 2.50 bits per heavy atom. The second-order valence-corrected chi connectivity index (χ2v) is 7.17. The van der Waals surface area contributed by atoms with Crippen LogP contribution in [0.2, 0.25) is 0 Å². The SMILES string of the molecule is CS(=O)(=O)CCSC1CCC1C(=O)O. The van der Waals surface area contributed by atoms with E-state index >= 15 is 0 Å². The summed E-state index contributed by atoms with van der Waals surface area (Å²) in [5, 5.41) is 8.85. The first kappa shape index (κ1) is 11.8. The molecule has 0 heterocycles. The van der Waals surface area contributed by atoms with E-state index in [1.54, 1.807) is 0 Å². The number of thioether (sulfide) groups is 1. The number of carbonyl (C=O) groups is 1. The van der Waals surface area contributed by atoms with Crippen LogP contribution in [0.25, 0.3) is 0 Å². The highest BCUT2D eigenvalue weighted by Crippen LogP contribution is 2.37. The number of carboxylic acids is 1. The predicted molar refractivity (Wildman–Crippen MR) is 56.3 cm³/mol. The normalized spacial score (nSPS) is 26.9. The van der Waals surface area contributed by atoms with Crippen molar-refractivity contribution in [2.75, 3.05) is 17.8 Å². The second kappa shape index (κ2) is 4.53. The van der Waals surface area contributed by atoms with Crippen molar-refractivity contribution >= 4 is 27.6 Å². The van der Waals surface area contributed by atoms with Crippen molar-refractivity contribution in [1.29, 1.82) is 0 Å². The molecular formula is C8H14O4S2. The molecule has 82 valence electrons. The number of hydrogen-bond acceptors (Lipinski definition) is 4. The van der Waals surface area contributed by atoms with Crippen molar-refractivity contribution in [3.8, 4) is 0 Å². The molecule has 0 spiro atoms. The lowest BCUT2D eigenvalue weighted by Crippen LogP contribution is -2.35. The first-order valence-electron chi connectivity index (χ1n) is 4.42. The fourth-order valence-corrected chi connectivity index (χ4v) is 3.99. The maximum atomic E-state index is 10.8. The number of aliphatic carboxylic acids is 1. The highest BCUT2D eigenvalue weighted by atomic mass is 32.2. The number of carboxylic acid groups (broad SMARTS) is 1. The summed E-state index contributed by atoms with van der Waals surface area (Å²) in [5.41, 5.74) is 0. The fourth-order valence-electron chi connectivity index (χ4n) is 1.30. The van der Waals surface area contributed by atoms with E-state index in [-0.39, 0.29) is 16.9 Å². The molecule has 0 aromatic heterocycles. The number of sulfone groups is 1. The zero-order valence-corrected chi connectivity index (χ0v) is 9.60. The Morgan fingerprint density at radius 1 is 1.50 bits per heavy atom. The third-order valence-electron chi connectivity index (χ3n) is 2.31. The van der Waals surface area contributed by atoms with Gasteiger partial charge in [0.2, 0.25) is 0 Å². The van der Waals surface area contributed by atoms with Crippen LogP contribution in [0, 0.1) is 5.92 Å². The molecule has 1 saturated carbocycles. The summed E-state index contributed by atoms with van der Waals surface area (Å²) in [6, 6.07) is 0. The summed E-state index contributed by atoms with van der Waals surface area (Å²) >= 11 is 1.47. The highest BCUT2D eigenvalue weighted by Gasteiger charge is 2.36. The molecular weight excluding hydrogens is 224 g/mol. The summed E-state index contributed by atoms with van der Waals surface area (Å²) in [4.78, 5) is 10.6. The molecule has 0 radical (unpaired) electrons. The molecule has 2 unspecified atom stereocenters. The van der Waals surface area contributed by atoms with Gasteiger partial charge in [0.25, 0.3) is 0 Å². The minimum atomic E-state index is -2.91. The monoisotopic (exact) mass is 238 g/mol. The molecule has 4 nitrogen and oxygen atoms in total.